The fraction of sp³-hybridized carbons (Fsp3) is 0.316. The molecular weight excluding hydrogens is 307 g/mol. The van der Waals surface area contributed by atoms with E-state index in [0.29, 0.717) is 5.56 Å². The van der Waals surface area contributed by atoms with Crippen molar-refractivity contribution in [1.29, 1.82) is 5.26 Å². The fourth-order valence-corrected chi connectivity index (χ4v) is 2.61. The van der Waals surface area contributed by atoms with E-state index < -0.39 is 11.9 Å². The molecule has 126 valence electrons. The first kappa shape index (κ1) is 17.9. The molecule has 0 aliphatic heterocycles. The van der Waals surface area contributed by atoms with Crippen molar-refractivity contribution in [3.63, 3.8) is 0 Å². The third kappa shape index (κ3) is 4.10. The highest BCUT2D eigenvalue weighted by Crippen LogP contribution is 2.24. The van der Waals surface area contributed by atoms with Crippen LogP contribution in [0, 0.1) is 17.1 Å². The summed E-state index contributed by atoms with van der Waals surface area (Å²) in [6.07, 6.45) is -0.736. The summed E-state index contributed by atoms with van der Waals surface area (Å²) >= 11 is 0. The van der Waals surface area contributed by atoms with Crippen LogP contribution in [0.5, 0.6) is 5.75 Å². The van der Waals surface area contributed by atoms with Crippen molar-refractivity contribution in [1.82, 2.24) is 5.32 Å². The Morgan fingerprint density at radius 3 is 2.38 bits per heavy atom. The molecule has 0 fully saturated rings. The van der Waals surface area contributed by atoms with E-state index in [0.717, 1.165) is 11.3 Å². The van der Waals surface area contributed by atoms with Crippen LogP contribution in [0.15, 0.2) is 42.5 Å². The lowest BCUT2D eigenvalue weighted by molar-refractivity contribution is 0.130. The maximum atomic E-state index is 14.1. The lowest BCUT2D eigenvalue weighted by atomic mass is 10.0. The van der Waals surface area contributed by atoms with Gasteiger partial charge in [0.25, 0.3) is 0 Å². The third-order valence-corrected chi connectivity index (χ3v) is 4.04. The molecule has 4 nitrogen and oxygen atoms in total. The minimum atomic E-state index is -0.736. The Balaban J connectivity index is 2.07. The maximum Gasteiger partial charge on any atom is 0.129 e. The summed E-state index contributed by atoms with van der Waals surface area (Å²) in [5.74, 6) is 0.291. The van der Waals surface area contributed by atoms with Crippen LogP contribution in [0.1, 0.15) is 42.7 Å². The molecule has 3 unspecified atom stereocenters. The fourth-order valence-electron chi connectivity index (χ4n) is 2.61. The number of aliphatic hydroxyl groups excluding tert-OH is 1. The number of nitrogens with one attached hydrogen (secondary N) is 1. The van der Waals surface area contributed by atoms with E-state index in [2.05, 4.69) is 5.32 Å². The number of halogens is 1. The van der Waals surface area contributed by atoms with E-state index in [4.69, 9.17) is 10.00 Å². The van der Waals surface area contributed by atoms with Gasteiger partial charge in [-0.25, -0.2) is 4.39 Å². The number of hydrogen-bond acceptors (Lipinski definition) is 4. The molecule has 0 radical (unpaired) electrons. The predicted octanol–water partition coefficient (Wildman–Crippen LogP) is 3.48. The van der Waals surface area contributed by atoms with Crippen molar-refractivity contribution in [2.45, 2.75) is 32.0 Å². The van der Waals surface area contributed by atoms with E-state index in [1.165, 1.54) is 6.07 Å². The second-order valence-corrected chi connectivity index (χ2v) is 5.74. The average molecular weight is 328 g/mol. The summed E-state index contributed by atoms with van der Waals surface area (Å²) in [6.45, 7) is 3.66. The Kier molecular flexibility index (Phi) is 5.91. The van der Waals surface area contributed by atoms with E-state index in [9.17, 15) is 9.50 Å². The summed E-state index contributed by atoms with van der Waals surface area (Å²) < 4.78 is 19.2. The van der Waals surface area contributed by atoms with Crippen molar-refractivity contribution in [3.05, 3.63) is 65.0 Å². The molecule has 2 N–H and O–H groups in total. The van der Waals surface area contributed by atoms with E-state index in [1.54, 1.807) is 43.5 Å². The summed E-state index contributed by atoms with van der Waals surface area (Å²) in [4.78, 5) is 0. The second-order valence-electron chi connectivity index (χ2n) is 5.74. The van der Waals surface area contributed by atoms with Gasteiger partial charge in [0.1, 0.15) is 11.6 Å². The first-order valence-corrected chi connectivity index (χ1v) is 7.74. The monoisotopic (exact) mass is 328 g/mol. The van der Waals surface area contributed by atoms with Gasteiger partial charge in [-0.15, -0.1) is 0 Å². The lowest BCUT2D eigenvalue weighted by Gasteiger charge is -2.25. The van der Waals surface area contributed by atoms with Gasteiger partial charge >= 0.3 is 0 Å². The molecule has 2 rings (SSSR count). The minimum Gasteiger partial charge on any atom is -0.497 e. The number of benzene rings is 2. The molecule has 24 heavy (non-hydrogen) atoms. The van der Waals surface area contributed by atoms with Gasteiger partial charge in [-0.05, 0) is 43.7 Å². The molecule has 5 heteroatoms. The molecule has 0 amide bonds. The Hall–Kier alpha value is -2.42. The standard InChI is InChI=1S/C19H21FN2O2/c1-12(17-9-4-14(11-21)10-18(17)20)22-13(2)19(23)15-5-7-16(24-3)8-6-15/h4-10,12-13,19,22-23H,1-3H3. The van der Waals surface area contributed by atoms with Crippen LogP contribution < -0.4 is 10.1 Å². The average Bonchev–Trinajstić information content (AvgIpc) is 2.60. The van der Waals surface area contributed by atoms with E-state index in [1.807, 2.05) is 19.9 Å². The number of nitriles is 1. The summed E-state index contributed by atoms with van der Waals surface area (Å²) in [5.41, 5.74) is 1.50. The van der Waals surface area contributed by atoms with Crippen LogP contribution in [-0.4, -0.2) is 18.3 Å². The van der Waals surface area contributed by atoms with Gasteiger partial charge < -0.3 is 15.2 Å². The molecule has 0 aliphatic rings. The molecule has 2 aromatic rings. The number of rotatable bonds is 6. The van der Waals surface area contributed by atoms with Crippen LogP contribution in [-0.2, 0) is 0 Å². The Morgan fingerprint density at radius 2 is 1.83 bits per heavy atom. The number of methoxy groups -OCH3 is 1. The zero-order valence-corrected chi connectivity index (χ0v) is 14.0. The lowest BCUT2D eigenvalue weighted by Crippen LogP contribution is -2.34. The molecule has 0 saturated heterocycles. The van der Waals surface area contributed by atoms with Gasteiger partial charge in [0.05, 0.1) is 24.8 Å². The molecule has 3 atom stereocenters. The first-order chi connectivity index (χ1) is 11.5. The highest BCUT2D eigenvalue weighted by atomic mass is 19.1. The highest BCUT2D eigenvalue weighted by Gasteiger charge is 2.20. The molecular formula is C19H21FN2O2. The molecule has 0 bridgehead atoms. The van der Waals surface area contributed by atoms with Crippen molar-refractivity contribution in [2.24, 2.45) is 0 Å². The Morgan fingerprint density at radius 1 is 1.17 bits per heavy atom. The summed E-state index contributed by atoms with van der Waals surface area (Å²) in [5, 5.41) is 22.5. The van der Waals surface area contributed by atoms with Crippen LogP contribution in [0.3, 0.4) is 0 Å². The van der Waals surface area contributed by atoms with Crippen LogP contribution in [0.4, 0.5) is 4.39 Å². The van der Waals surface area contributed by atoms with Crippen molar-refractivity contribution in [2.75, 3.05) is 7.11 Å². The smallest absolute Gasteiger partial charge is 0.129 e. The predicted molar refractivity (Wildman–Crippen MR) is 90.1 cm³/mol. The molecule has 0 saturated carbocycles. The first-order valence-electron chi connectivity index (χ1n) is 7.74. The van der Waals surface area contributed by atoms with Gasteiger partial charge in [-0.3, -0.25) is 0 Å². The number of nitrogens with zero attached hydrogens (tertiary/aromatic N) is 1. The minimum absolute atomic E-state index is 0.287. The van der Waals surface area contributed by atoms with Crippen LogP contribution >= 0.6 is 0 Å². The highest BCUT2D eigenvalue weighted by molar-refractivity contribution is 5.34. The van der Waals surface area contributed by atoms with Crippen LogP contribution in [0.25, 0.3) is 0 Å². The zero-order chi connectivity index (χ0) is 17.7. The largest absolute Gasteiger partial charge is 0.497 e. The summed E-state index contributed by atoms with van der Waals surface area (Å²) in [7, 11) is 1.59. The number of hydrogen-bond donors (Lipinski definition) is 2. The molecule has 0 aromatic heterocycles. The van der Waals surface area contributed by atoms with Crippen molar-refractivity contribution < 1.29 is 14.2 Å². The molecule has 0 aliphatic carbocycles. The van der Waals surface area contributed by atoms with E-state index >= 15 is 0 Å². The second kappa shape index (κ2) is 7.91. The quantitative estimate of drug-likeness (QED) is 0.852. The molecule has 0 spiro atoms. The van der Waals surface area contributed by atoms with Gasteiger partial charge in [-0.1, -0.05) is 18.2 Å². The van der Waals surface area contributed by atoms with Crippen molar-refractivity contribution >= 4 is 0 Å². The Labute approximate surface area is 141 Å². The van der Waals surface area contributed by atoms with Crippen LogP contribution in [0.2, 0.25) is 0 Å². The maximum absolute atomic E-state index is 14.1. The van der Waals surface area contributed by atoms with Gasteiger partial charge in [0.2, 0.25) is 0 Å². The number of aliphatic hydroxyl groups is 1. The SMILES string of the molecule is COc1ccc(C(O)C(C)NC(C)c2ccc(C#N)cc2F)cc1. The van der Waals surface area contributed by atoms with Crippen molar-refractivity contribution in [3.8, 4) is 11.8 Å². The van der Waals surface area contributed by atoms with Gasteiger partial charge in [0, 0.05) is 17.6 Å². The van der Waals surface area contributed by atoms with E-state index in [-0.39, 0.29) is 17.6 Å². The van der Waals surface area contributed by atoms with Gasteiger partial charge in [0.15, 0.2) is 0 Å². The normalized spacial score (nSPS) is 14.5. The third-order valence-electron chi connectivity index (χ3n) is 4.04. The topological polar surface area (TPSA) is 65.3 Å². The Bertz CT molecular complexity index is 725. The van der Waals surface area contributed by atoms with Gasteiger partial charge in [-0.2, -0.15) is 5.26 Å². The zero-order valence-electron chi connectivity index (χ0n) is 14.0. The number of ether oxygens (including phenoxy) is 1. The molecule has 2 aromatic carbocycles. The summed E-state index contributed by atoms with van der Waals surface area (Å²) in [6, 6.07) is 12.9. The molecule has 0 heterocycles.